The van der Waals surface area contributed by atoms with Gasteiger partial charge < -0.3 is 4.57 Å². The van der Waals surface area contributed by atoms with Crippen LogP contribution in [-0.4, -0.2) is 9.49 Å². The molecule has 0 amide bonds. The number of hydrogen-bond acceptors (Lipinski definition) is 2. The topological polar surface area (TPSA) is 48.1 Å². The molecule has 1 heterocycles. The van der Waals surface area contributed by atoms with Crippen molar-refractivity contribution in [3.63, 3.8) is 0 Å². The van der Waals surface area contributed by atoms with E-state index in [-0.39, 0.29) is 6.04 Å². The van der Waals surface area contributed by atoms with E-state index in [4.69, 9.17) is 11.6 Å². The van der Waals surface area contributed by atoms with Gasteiger partial charge in [0, 0.05) is 22.2 Å². The third-order valence-electron chi connectivity index (χ3n) is 4.69. The van der Waals surface area contributed by atoms with E-state index in [9.17, 15) is 10.1 Å². The van der Waals surface area contributed by atoms with Gasteiger partial charge >= 0.3 is 0 Å². The maximum atomic E-state index is 11.0. The largest absolute Gasteiger partial charge is 0.329 e. The first-order chi connectivity index (χ1) is 13.6. The molecule has 0 aliphatic rings. The predicted molar refractivity (Wildman–Crippen MR) is 113 cm³/mol. The molecule has 0 aliphatic heterocycles. The van der Waals surface area contributed by atoms with E-state index in [1.807, 2.05) is 60.7 Å². The van der Waals surface area contributed by atoms with Crippen LogP contribution in [0.1, 0.15) is 22.9 Å². The second-order valence-corrected chi connectivity index (χ2v) is 6.90. The highest BCUT2D eigenvalue weighted by Gasteiger charge is 2.21. The van der Waals surface area contributed by atoms with Gasteiger partial charge in [-0.3, -0.25) is 10.1 Å². The SMILES string of the molecule is O=[N+]([O-])/C=C/c1cc2ccc(Cl)cc2n1C(c1ccccc1)c1ccccc1. The van der Waals surface area contributed by atoms with E-state index in [1.165, 1.54) is 6.08 Å². The Morgan fingerprint density at radius 2 is 1.50 bits per heavy atom. The fraction of sp³-hybridized carbons (Fsp3) is 0.0435. The standard InChI is InChI=1S/C23H17ClN2O2/c24-20-12-11-19-15-21(13-14-25(27)28)26(22(19)16-20)23(17-7-3-1-4-8-17)18-9-5-2-6-10-18/h1-16,23H/b14-13+. The van der Waals surface area contributed by atoms with Gasteiger partial charge in [0.2, 0.25) is 6.20 Å². The fourth-order valence-electron chi connectivity index (χ4n) is 3.53. The van der Waals surface area contributed by atoms with Crippen LogP contribution in [0, 0.1) is 10.1 Å². The van der Waals surface area contributed by atoms with Gasteiger partial charge in [0.05, 0.1) is 16.5 Å². The van der Waals surface area contributed by atoms with Crippen molar-refractivity contribution < 1.29 is 4.92 Å². The fourth-order valence-corrected chi connectivity index (χ4v) is 3.70. The van der Waals surface area contributed by atoms with Crippen LogP contribution in [0.5, 0.6) is 0 Å². The van der Waals surface area contributed by atoms with E-state index in [1.54, 1.807) is 0 Å². The molecule has 0 N–H and O–H groups in total. The lowest BCUT2D eigenvalue weighted by molar-refractivity contribution is -0.401. The van der Waals surface area contributed by atoms with E-state index in [0.717, 1.165) is 33.9 Å². The number of rotatable bonds is 5. The Kier molecular flexibility index (Phi) is 4.96. The van der Waals surface area contributed by atoms with Crippen molar-refractivity contribution in [3.8, 4) is 0 Å². The summed E-state index contributed by atoms with van der Waals surface area (Å²) in [6.07, 6.45) is 2.51. The molecular formula is C23H17ClN2O2. The molecule has 4 nitrogen and oxygen atoms in total. The van der Waals surface area contributed by atoms with Gasteiger partial charge in [-0.25, -0.2) is 0 Å². The van der Waals surface area contributed by atoms with Gasteiger partial charge in [0.15, 0.2) is 0 Å². The molecule has 0 atom stereocenters. The lowest BCUT2D eigenvalue weighted by atomic mass is 9.98. The minimum Gasteiger partial charge on any atom is -0.329 e. The smallest absolute Gasteiger partial charge is 0.236 e. The number of nitrogens with zero attached hydrogens (tertiary/aromatic N) is 2. The summed E-state index contributed by atoms with van der Waals surface area (Å²) in [5.74, 6) is 0. The molecule has 4 rings (SSSR count). The van der Waals surface area contributed by atoms with E-state index >= 15 is 0 Å². The molecule has 0 saturated heterocycles. The van der Waals surface area contributed by atoms with Crippen LogP contribution in [0.2, 0.25) is 5.02 Å². The third-order valence-corrected chi connectivity index (χ3v) is 4.92. The molecule has 4 aromatic rings. The van der Waals surface area contributed by atoms with Crippen molar-refractivity contribution in [1.29, 1.82) is 0 Å². The third kappa shape index (κ3) is 3.55. The summed E-state index contributed by atoms with van der Waals surface area (Å²) >= 11 is 6.28. The molecule has 0 spiro atoms. The molecule has 0 aliphatic carbocycles. The molecule has 28 heavy (non-hydrogen) atoms. The molecule has 0 unspecified atom stereocenters. The molecule has 138 valence electrons. The molecule has 5 heteroatoms. The van der Waals surface area contributed by atoms with Gasteiger partial charge in [-0.1, -0.05) is 78.3 Å². The van der Waals surface area contributed by atoms with Gasteiger partial charge in [-0.2, -0.15) is 0 Å². The summed E-state index contributed by atoms with van der Waals surface area (Å²) in [5, 5.41) is 12.5. The van der Waals surface area contributed by atoms with Crippen LogP contribution in [0.15, 0.2) is 91.1 Å². The number of halogens is 1. The molecule has 0 saturated carbocycles. The van der Waals surface area contributed by atoms with E-state index < -0.39 is 4.92 Å². The zero-order valence-corrected chi connectivity index (χ0v) is 15.7. The molecule has 0 bridgehead atoms. The first-order valence-electron chi connectivity index (χ1n) is 8.85. The lowest BCUT2D eigenvalue weighted by Gasteiger charge is -2.23. The Hall–Kier alpha value is -3.37. The quantitative estimate of drug-likeness (QED) is 0.302. The second kappa shape index (κ2) is 7.71. The van der Waals surface area contributed by atoms with Crippen molar-refractivity contribution >= 4 is 28.6 Å². The van der Waals surface area contributed by atoms with Crippen molar-refractivity contribution in [2.45, 2.75) is 6.04 Å². The lowest BCUT2D eigenvalue weighted by Crippen LogP contribution is -2.13. The van der Waals surface area contributed by atoms with Gasteiger partial charge in [0.1, 0.15) is 0 Å². The monoisotopic (exact) mass is 388 g/mol. The van der Waals surface area contributed by atoms with Crippen LogP contribution in [0.3, 0.4) is 0 Å². The van der Waals surface area contributed by atoms with Crippen molar-refractivity contribution in [1.82, 2.24) is 4.57 Å². The van der Waals surface area contributed by atoms with Gasteiger partial charge in [0.25, 0.3) is 0 Å². The van der Waals surface area contributed by atoms with Crippen LogP contribution in [0.4, 0.5) is 0 Å². The molecule has 0 radical (unpaired) electrons. The normalized spacial score (nSPS) is 11.5. The molecule has 3 aromatic carbocycles. The zero-order chi connectivity index (χ0) is 19.5. The van der Waals surface area contributed by atoms with Crippen LogP contribution < -0.4 is 0 Å². The maximum absolute atomic E-state index is 11.0. The van der Waals surface area contributed by atoms with Crippen LogP contribution in [0.25, 0.3) is 17.0 Å². The van der Waals surface area contributed by atoms with Crippen LogP contribution in [-0.2, 0) is 0 Å². The maximum Gasteiger partial charge on any atom is 0.236 e. The van der Waals surface area contributed by atoms with Crippen molar-refractivity contribution in [3.05, 3.63) is 123 Å². The summed E-state index contributed by atoms with van der Waals surface area (Å²) in [4.78, 5) is 10.5. The minimum absolute atomic E-state index is 0.148. The summed E-state index contributed by atoms with van der Waals surface area (Å²) in [6.45, 7) is 0. The first-order valence-corrected chi connectivity index (χ1v) is 9.23. The second-order valence-electron chi connectivity index (χ2n) is 6.47. The average Bonchev–Trinajstić information content (AvgIpc) is 3.06. The van der Waals surface area contributed by atoms with Crippen molar-refractivity contribution in [2.75, 3.05) is 0 Å². The van der Waals surface area contributed by atoms with Crippen molar-refractivity contribution in [2.24, 2.45) is 0 Å². The number of aromatic nitrogens is 1. The highest BCUT2D eigenvalue weighted by molar-refractivity contribution is 6.31. The van der Waals surface area contributed by atoms with E-state index in [0.29, 0.717) is 5.02 Å². The predicted octanol–water partition coefficient (Wildman–Crippen LogP) is 6.18. The zero-order valence-electron chi connectivity index (χ0n) is 14.9. The Morgan fingerprint density at radius 1 is 0.893 bits per heavy atom. The summed E-state index contributed by atoms with van der Waals surface area (Å²) in [7, 11) is 0. The van der Waals surface area contributed by atoms with Gasteiger partial charge in [-0.05, 0) is 29.3 Å². The number of nitro groups is 1. The highest BCUT2D eigenvalue weighted by Crippen LogP contribution is 2.34. The summed E-state index contributed by atoms with van der Waals surface area (Å²) in [6, 6.07) is 27.7. The number of benzene rings is 3. The van der Waals surface area contributed by atoms with Gasteiger partial charge in [-0.15, -0.1) is 0 Å². The Labute approximate surface area is 167 Å². The minimum atomic E-state index is -0.449. The highest BCUT2D eigenvalue weighted by atomic mass is 35.5. The van der Waals surface area contributed by atoms with Crippen LogP contribution >= 0.6 is 11.6 Å². The number of hydrogen-bond donors (Lipinski definition) is 0. The Morgan fingerprint density at radius 3 is 2.07 bits per heavy atom. The molecule has 0 fully saturated rings. The Balaban J connectivity index is 2.03. The summed E-state index contributed by atoms with van der Waals surface area (Å²) < 4.78 is 2.10. The average molecular weight is 389 g/mol. The van der Waals surface area contributed by atoms with E-state index in [2.05, 4.69) is 28.8 Å². The molecule has 1 aromatic heterocycles. The first kappa shape index (κ1) is 18.0. The summed E-state index contributed by atoms with van der Waals surface area (Å²) in [5.41, 5.74) is 3.84. The Bertz CT molecular complexity index is 1110. The molecular weight excluding hydrogens is 372 g/mol. The number of fused-ring (bicyclic) bond motifs is 1.